The molecule has 22 heavy (non-hydrogen) atoms. The number of ether oxygens (including phenoxy) is 1. The van der Waals surface area contributed by atoms with Gasteiger partial charge in [0, 0.05) is 6.42 Å². The van der Waals surface area contributed by atoms with Gasteiger partial charge in [-0.15, -0.1) is 0 Å². The van der Waals surface area contributed by atoms with Crippen molar-refractivity contribution in [2.75, 3.05) is 25.7 Å². The third-order valence-electron chi connectivity index (χ3n) is 3.18. The average molecular weight is 358 g/mol. The van der Waals surface area contributed by atoms with Crippen LogP contribution in [0.25, 0.3) is 0 Å². The van der Waals surface area contributed by atoms with Crippen molar-refractivity contribution in [1.29, 1.82) is 0 Å². The van der Waals surface area contributed by atoms with E-state index in [1.54, 1.807) is 0 Å². The van der Waals surface area contributed by atoms with Gasteiger partial charge in [-0.25, -0.2) is 0 Å². The van der Waals surface area contributed by atoms with Gasteiger partial charge in [0.1, 0.15) is 12.7 Å². The van der Waals surface area contributed by atoms with Gasteiger partial charge in [0.25, 0.3) is 20.2 Å². The third-order valence-corrected chi connectivity index (χ3v) is 4.34. The lowest BCUT2D eigenvalue weighted by molar-refractivity contribution is -0.156. The van der Waals surface area contributed by atoms with Gasteiger partial charge in [0.05, 0.1) is 25.0 Å². The van der Waals surface area contributed by atoms with Crippen LogP contribution in [0.3, 0.4) is 0 Å². The second kappa shape index (κ2) is 8.23. The standard InChI is InChI=1S/C12H22O8S2/c1-21(14,15)18-8-7-11(9-19-22(2,16)17)20-12(13)10-5-3-4-6-10/h10-11H,3-9H2,1-2H3. The van der Waals surface area contributed by atoms with Gasteiger partial charge >= 0.3 is 5.97 Å². The molecule has 10 heteroatoms. The highest BCUT2D eigenvalue weighted by molar-refractivity contribution is 7.86. The van der Waals surface area contributed by atoms with Crippen LogP contribution in [0.5, 0.6) is 0 Å². The van der Waals surface area contributed by atoms with E-state index in [2.05, 4.69) is 8.37 Å². The zero-order valence-electron chi connectivity index (χ0n) is 12.7. The van der Waals surface area contributed by atoms with Crippen LogP contribution in [0.2, 0.25) is 0 Å². The van der Waals surface area contributed by atoms with E-state index in [4.69, 9.17) is 4.74 Å². The second-order valence-electron chi connectivity index (χ2n) is 5.34. The van der Waals surface area contributed by atoms with Crippen LogP contribution >= 0.6 is 0 Å². The Bertz CT molecular complexity index is 560. The number of carbonyl (C=O) groups excluding carboxylic acids is 1. The fraction of sp³-hybridized carbons (Fsp3) is 0.917. The Balaban J connectivity index is 2.54. The molecular formula is C12H22O8S2. The number of hydrogen-bond donors (Lipinski definition) is 0. The molecule has 1 aliphatic carbocycles. The predicted octanol–water partition coefficient (Wildman–Crippen LogP) is 0.431. The summed E-state index contributed by atoms with van der Waals surface area (Å²) in [5.74, 6) is -0.587. The molecule has 0 spiro atoms. The topological polar surface area (TPSA) is 113 Å². The SMILES string of the molecule is CS(=O)(=O)OCCC(COS(C)(=O)=O)OC(=O)C1CCCC1. The summed E-state index contributed by atoms with van der Waals surface area (Å²) in [6.07, 6.45) is 4.36. The lowest BCUT2D eigenvalue weighted by Gasteiger charge is -2.19. The molecule has 0 radical (unpaired) electrons. The largest absolute Gasteiger partial charge is 0.460 e. The molecule has 1 atom stereocenters. The predicted molar refractivity (Wildman–Crippen MR) is 78.0 cm³/mol. The Morgan fingerprint density at radius 1 is 1.05 bits per heavy atom. The van der Waals surface area contributed by atoms with Crippen LogP contribution in [-0.2, 0) is 38.1 Å². The van der Waals surface area contributed by atoms with Crippen molar-refractivity contribution in [3.05, 3.63) is 0 Å². The molecule has 0 aromatic heterocycles. The van der Waals surface area contributed by atoms with E-state index in [0.29, 0.717) is 0 Å². The van der Waals surface area contributed by atoms with Crippen molar-refractivity contribution in [2.45, 2.75) is 38.2 Å². The number of rotatable bonds is 9. The van der Waals surface area contributed by atoms with Gasteiger partial charge in [0.15, 0.2) is 0 Å². The first-order valence-electron chi connectivity index (χ1n) is 6.96. The van der Waals surface area contributed by atoms with Gasteiger partial charge < -0.3 is 4.74 Å². The zero-order valence-corrected chi connectivity index (χ0v) is 14.3. The molecule has 0 aromatic rings. The van der Waals surface area contributed by atoms with Crippen LogP contribution in [0.1, 0.15) is 32.1 Å². The molecular weight excluding hydrogens is 336 g/mol. The lowest BCUT2D eigenvalue weighted by Crippen LogP contribution is -2.29. The second-order valence-corrected chi connectivity index (χ2v) is 8.63. The summed E-state index contributed by atoms with van der Waals surface area (Å²) < 4.78 is 58.3. The zero-order chi connectivity index (χ0) is 16.8. The lowest BCUT2D eigenvalue weighted by atomic mass is 10.1. The number of carbonyl (C=O) groups is 1. The monoisotopic (exact) mass is 358 g/mol. The minimum Gasteiger partial charge on any atom is -0.460 e. The van der Waals surface area contributed by atoms with Crippen LogP contribution in [0, 0.1) is 5.92 Å². The maximum absolute atomic E-state index is 12.0. The minimum atomic E-state index is -3.68. The van der Waals surface area contributed by atoms with Gasteiger partial charge in [-0.2, -0.15) is 16.8 Å². The summed E-state index contributed by atoms with van der Waals surface area (Å²) in [7, 11) is -7.28. The molecule has 1 saturated carbocycles. The Hall–Kier alpha value is -0.710. The van der Waals surface area contributed by atoms with Gasteiger partial charge in [0.2, 0.25) is 0 Å². The molecule has 0 aliphatic heterocycles. The van der Waals surface area contributed by atoms with Crippen molar-refractivity contribution < 1.29 is 34.7 Å². The van der Waals surface area contributed by atoms with Gasteiger partial charge in [-0.05, 0) is 12.8 Å². The quantitative estimate of drug-likeness (QED) is 0.431. The van der Waals surface area contributed by atoms with Crippen molar-refractivity contribution in [2.24, 2.45) is 5.92 Å². The highest BCUT2D eigenvalue weighted by Gasteiger charge is 2.27. The Labute approximate surface area is 131 Å². The Morgan fingerprint density at radius 2 is 1.59 bits per heavy atom. The maximum Gasteiger partial charge on any atom is 0.309 e. The molecule has 130 valence electrons. The molecule has 0 bridgehead atoms. The van der Waals surface area contributed by atoms with Gasteiger partial charge in [-0.3, -0.25) is 13.2 Å². The van der Waals surface area contributed by atoms with Crippen molar-refractivity contribution in [3.63, 3.8) is 0 Å². The molecule has 1 fully saturated rings. The minimum absolute atomic E-state index is 0.0288. The number of esters is 1. The maximum atomic E-state index is 12.0. The average Bonchev–Trinajstić information content (AvgIpc) is 2.86. The normalized spacial score (nSPS) is 18.3. The fourth-order valence-corrected chi connectivity index (χ4v) is 2.93. The highest BCUT2D eigenvalue weighted by Crippen LogP contribution is 2.26. The summed E-state index contributed by atoms with van der Waals surface area (Å²) in [5.41, 5.74) is 0. The smallest absolute Gasteiger partial charge is 0.309 e. The Kier molecular flexibility index (Phi) is 7.23. The van der Waals surface area contributed by atoms with E-state index in [-0.39, 0.29) is 25.6 Å². The fourth-order valence-electron chi connectivity index (χ4n) is 2.13. The first-order chi connectivity index (χ1) is 10.1. The molecule has 0 aromatic carbocycles. The molecule has 8 nitrogen and oxygen atoms in total. The van der Waals surface area contributed by atoms with E-state index >= 15 is 0 Å². The van der Waals surface area contributed by atoms with Crippen LogP contribution in [0.15, 0.2) is 0 Å². The van der Waals surface area contributed by atoms with Crippen molar-refractivity contribution >= 4 is 26.2 Å². The van der Waals surface area contributed by atoms with E-state index < -0.39 is 32.3 Å². The summed E-state index contributed by atoms with van der Waals surface area (Å²) in [4.78, 5) is 12.0. The van der Waals surface area contributed by atoms with Crippen molar-refractivity contribution in [1.82, 2.24) is 0 Å². The number of hydrogen-bond acceptors (Lipinski definition) is 8. The molecule has 0 amide bonds. The van der Waals surface area contributed by atoms with E-state index in [9.17, 15) is 21.6 Å². The van der Waals surface area contributed by atoms with Crippen LogP contribution in [-0.4, -0.2) is 54.6 Å². The summed E-state index contributed by atoms with van der Waals surface area (Å²) in [6, 6.07) is 0. The van der Waals surface area contributed by atoms with Crippen molar-refractivity contribution in [3.8, 4) is 0 Å². The molecule has 0 N–H and O–H groups in total. The molecule has 1 rings (SSSR count). The third kappa shape index (κ3) is 8.66. The molecule has 0 heterocycles. The summed E-state index contributed by atoms with van der Waals surface area (Å²) in [5, 5.41) is 0. The van der Waals surface area contributed by atoms with Crippen LogP contribution < -0.4 is 0 Å². The highest BCUT2D eigenvalue weighted by atomic mass is 32.2. The molecule has 1 aliphatic rings. The van der Waals surface area contributed by atoms with Crippen LogP contribution in [0.4, 0.5) is 0 Å². The first-order valence-corrected chi connectivity index (χ1v) is 10.6. The Morgan fingerprint density at radius 3 is 2.09 bits per heavy atom. The van der Waals surface area contributed by atoms with E-state index in [1.165, 1.54) is 0 Å². The summed E-state index contributed by atoms with van der Waals surface area (Å²) >= 11 is 0. The van der Waals surface area contributed by atoms with E-state index in [0.717, 1.165) is 38.2 Å². The molecule has 1 unspecified atom stereocenters. The van der Waals surface area contributed by atoms with Gasteiger partial charge in [-0.1, -0.05) is 12.8 Å². The summed E-state index contributed by atoms with van der Waals surface area (Å²) in [6.45, 7) is -0.570. The van der Waals surface area contributed by atoms with E-state index in [1.807, 2.05) is 0 Å². The first kappa shape index (κ1) is 19.3. The molecule has 0 saturated heterocycles.